The zero-order valence-electron chi connectivity index (χ0n) is 13.2. The van der Waals surface area contributed by atoms with Crippen molar-refractivity contribution >= 4 is 15.8 Å². The molecule has 0 spiro atoms. The largest absolute Gasteiger partial charge is 0.374 e. The van der Waals surface area contributed by atoms with E-state index in [4.69, 9.17) is 9.57 Å². The van der Waals surface area contributed by atoms with Gasteiger partial charge >= 0.3 is 0 Å². The van der Waals surface area contributed by atoms with Crippen molar-refractivity contribution in [2.45, 2.75) is 38.8 Å². The van der Waals surface area contributed by atoms with Crippen LogP contribution in [0.15, 0.2) is 0 Å². The number of ether oxygens (including phenoxy) is 1. The highest BCUT2D eigenvalue weighted by molar-refractivity contribution is 7.88. The van der Waals surface area contributed by atoms with Gasteiger partial charge in [0.05, 0.1) is 12.9 Å². The van der Waals surface area contributed by atoms with Crippen LogP contribution in [0, 0.1) is 12.8 Å². The number of ketones is 1. The number of nitrogens with one attached hydrogen (secondary N) is 2. The lowest BCUT2D eigenvalue weighted by molar-refractivity contribution is -0.132. The van der Waals surface area contributed by atoms with Crippen molar-refractivity contribution < 1.29 is 22.8 Å². The fraction of sp³-hybridized carbons (Fsp3) is 0.846. The number of carbonyl (C=O) groups excluding carboxylic acids is 1. The van der Waals surface area contributed by atoms with Crippen LogP contribution < -0.4 is 10.2 Å². The molecule has 2 unspecified atom stereocenters. The number of rotatable bonds is 12. The van der Waals surface area contributed by atoms with Gasteiger partial charge in [-0.1, -0.05) is 20.8 Å². The predicted molar refractivity (Wildman–Crippen MR) is 81.0 cm³/mol. The highest BCUT2D eigenvalue weighted by Gasteiger charge is 2.26. The van der Waals surface area contributed by atoms with E-state index in [9.17, 15) is 13.2 Å². The Morgan fingerprint density at radius 1 is 1.33 bits per heavy atom. The molecular formula is C13H27N2O5S. The van der Waals surface area contributed by atoms with Crippen LogP contribution in [-0.4, -0.2) is 52.9 Å². The van der Waals surface area contributed by atoms with Crippen molar-refractivity contribution in [3.05, 3.63) is 6.92 Å². The van der Waals surface area contributed by atoms with Crippen LogP contribution in [0.1, 0.15) is 26.7 Å². The summed E-state index contributed by atoms with van der Waals surface area (Å²) < 4.78 is 30.4. The Morgan fingerprint density at radius 2 is 1.95 bits per heavy atom. The second kappa shape index (κ2) is 10.2. The molecule has 0 heterocycles. The fourth-order valence-electron chi connectivity index (χ4n) is 1.72. The van der Waals surface area contributed by atoms with Crippen LogP contribution in [0.2, 0.25) is 0 Å². The molecule has 7 nitrogen and oxygen atoms in total. The normalized spacial score (nSPS) is 15.1. The second-order valence-corrected chi connectivity index (χ2v) is 6.94. The van der Waals surface area contributed by atoms with Crippen molar-refractivity contribution in [1.29, 1.82) is 0 Å². The molecule has 0 aromatic carbocycles. The van der Waals surface area contributed by atoms with Crippen LogP contribution in [0.25, 0.3) is 0 Å². The van der Waals surface area contributed by atoms with Gasteiger partial charge in [0.2, 0.25) is 10.0 Å². The van der Waals surface area contributed by atoms with Crippen molar-refractivity contribution in [3.8, 4) is 0 Å². The van der Waals surface area contributed by atoms with Crippen LogP contribution in [0.4, 0.5) is 0 Å². The van der Waals surface area contributed by atoms with Gasteiger partial charge in [-0.05, 0) is 12.8 Å². The Labute approximate surface area is 127 Å². The quantitative estimate of drug-likeness (QED) is 0.396. The topological polar surface area (TPSA) is 93.7 Å². The Hall–Kier alpha value is -0.540. The van der Waals surface area contributed by atoms with Gasteiger partial charge < -0.3 is 9.57 Å². The molecule has 0 aliphatic heterocycles. The number of hydrogen-bond donors (Lipinski definition) is 2. The summed E-state index contributed by atoms with van der Waals surface area (Å²) in [6.07, 6.45) is 1.26. The van der Waals surface area contributed by atoms with Crippen LogP contribution in [0.5, 0.6) is 0 Å². The third-order valence-electron chi connectivity index (χ3n) is 2.72. The first-order valence-corrected chi connectivity index (χ1v) is 8.78. The maximum absolute atomic E-state index is 12.0. The number of carbonyl (C=O) groups is 1. The van der Waals surface area contributed by atoms with E-state index in [1.807, 2.05) is 0 Å². The number of sulfonamides is 1. The molecule has 125 valence electrons. The lowest BCUT2D eigenvalue weighted by Gasteiger charge is -2.23. The summed E-state index contributed by atoms with van der Waals surface area (Å²) in [6.45, 7) is 7.86. The van der Waals surface area contributed by atoms with Crippen LogP contribution >= 0.6 is 0 Å². The van der Waals surface area contributed by atoms with Gasteiger partial charge in [0.15, 0.2) is 5.78 Å². The molecule has 2 atom stereocenters. The summed E-state index contributed by atoms with van der Waals surface area (Å²) in [4.78, 5) is 17.2. The van der Waals surface area contributed by atoms with Crippen molar-refractivity contribution in [2.75, 3.05) is 26.5 Å². The van der Waals surface area contributed by atoms with E-state index >= 15 is 0 Å². The standard InChI is InChI=1S/C13H27N2O5S/c1-6-7-14-20-9-11(15-21(5,17)18)8-12(19-4)13(16)10(2)3/h10-12,14-15H,1,6-9H2,2-5H3. The maximum Gasteiger partial charge on any atom is 0.209 e. The van der Waals surface area contributed by atoms with Crippen LogP contribution in [-0.2, 0) is 24.4 Å². The molecule has 0 bridgehead atoms. The zero-order chi connectivity index (χ0) is 16.5. The third-order valence-corrected chi connectivity index (χ3v) is 3.48. The first-order chi connectivity index (χ1) is 9.71. The molecule has 1 radical (unpaired) electrons. The summed E-state index contributed by atoms with van der Waals surface area (Å²) in [6, 6.07) is -0.551. The molecule has 0 amide bonds. The van der Waals surface area contributed by atoms with Gasteiger partial charge in [0.25, 0.3) is 0 Å². The predicted octanol–water partition coefficient (Wildman–Crippen LogP) is 0.280. The van der Waals surface area contributed by atoms with E-state index < -0.39 is 22.2 Å². The first kappa shape index (κ1) is 20.5. The molecule has 0 aromatic rings. The van der Waals surface area contributed by atoms with E-state index in [0.29, 0.717) is 13.0 Å². The van der Waals surface area contributed by atoms with E-state index in [-0.39, 0.29) is 24.7 Å². The third kappa shape index (κ3) is 9.92. The van der Waals surface area contributed by atoms with Crippen LogP contribution in [0.3, 0.4) is 0 Å². The van der Waals surface area contributed by atoms with Crippen molar-refractivity contribution in [2.24, 2.45) is 5.92 Å². The number of Topliss-reactive ketones (excluding diaryl/α,β-unsaturated/α-hetero) is 1. The average molecular weight is 323 g/mol. The zero-order valence-corrected chi connectivity index (χ0v) is 14.0. The minimum atomic E-state index is -3.40. The number of methoxy groups -OCH3 is 1. The van der Waals surface area contributed by atoms with E-state index in [1.165, 1.54) is 7.11 Å². The fourth-order valence-corrected chi connectivity index (χ4v) is 2.49. The van der Waals surface area contributed by atoms with E-state index in [0.717, 1.165) is 6.26 Å². The number of hydrogen-bond acceptors (Lipinski definition) is 6. The molecule has 0 rings (SSSR count). The van der Waals surface area contributed by atoms with Gasteiger partial charge in [-0.2, -0.15) is 0 Å². The van der Waals surface area contributed by atoms with E-state index in [2.05, 4.69) is 17.1 Å². The van der Waals surface area contributed by atoms with Gasteiger partial charge in [-0.25, -0.2) is 18.6 Å². The SMILES string of the molecule is [CH2]CCNOCC(CC(OC)C(=O)C(C)C)NS(C)(=O)=O. The highest BCUT2D eigenvalue weighted by atomic mass is 32.2. The molecular weight excluding hydrogens is 296 g/mol. The lowest BCUT2D eigenvalue weighted by Crippen LogP contribution is -2.43. The second-order valence-electron chi connectivity index (χ2n) is 5.16. The molecule has 0 aliphatic rings. The molecule has 0 aliphatic carbocycles. The van der Waals surface area contributed by atoms with Gasteiger partial charge in [0.1, 0.15) is 6.10 Å². The minimum absolute atomic E-state index is 0.0662. The van der Waals surface area contributed by atoms with Gasteiger partial charge in [0, 0.05) is 25.6 Å². The molecule has 21 heavy (non-hydrogen) atoms. The smallest absolute Gasteiger partial charge is 0.209 e. The highest BCUT2D eigenvalue weighted by Crippen LogP contribution is 2.10. The van der Waals surface area contributed by atoms with E-state index in [1.54, 1.807) is 13.8 Å². The van der Waals surface area contributed by atoms with Gasteiger partial charge in [-0.3, -0.25) is 4.79 Å². The Balaban J connectivity index is 4.66. The minimum Gasteiger partial charge on any atom is -0.374 e. The Kier molecular flexibility index (Phi) is 9.97. The van der Waals surface area contributed by atoms with Gasteiger partial charge in [-0.15, -0.1) is 0 Å². The summed E-state index contributed by atoms with van der Waals surface area (Å²) in [5.41, 5.74) is 2.67. The van der Waals surface area contributed by atoms with Crippen molar-refractivity contribution in [1.82, 2.24) is 10.2 Å². The Bertz CT molecular complexity index is 397. The molecule has 0 aromatic heterocycles. The molecule has 2 N–H and O–H groups in total. The summed E-state index contributed by atoms with van der Waals surface area (Å²) >= 11 is 0. The lowest BCUT2D eigenvalue weighted by atomic mass is 9.99. The summed E-state index contributed by atoms with van der Waals surface area (Å²) in [7, 11) is -1.97. The molecule has 0 saturated heterocycles. The monoisotopic (exact) mass is 323 g/mol. The maximum atomic E-state index is 12.0. The molecule has 0 fully saturated rings. The Morgan fingerprint density at radius 3 is 2.38 bits per heavy atom. The molecule has 0 saturated carbocycles. The average Bonchev–Trinajstić information content (AvgIpc) is 2.37. The summed E-state index contributed by atoms with van der Waals surface area (Å²) in [5, 5.41) is 0. The number of hydroxylamine groups is 1. The molecule has 8 heteroatoms. The summed E-state index contributed by atoms with van der Waals surface area (Å²) in [5.74, 6) is -0.248. The van der Waals surface area contributed by atoms with Crippen molar-refractivity contribution in [3.63, 3.8) is 0 Å². The first-order valence-electron chi connectivity index (χ1n) is 6.89.